The lowest BCUT2D eigenvalue weighted by Gasteiger charge is -2.30. The number of carbonyl (C=O) groups is 3. The summed E-state index contributed by atoms with van der Waals surface area (Å²) in [4.78, 5) is 42.0. The summed E-state index contributed by atoms with van der Waals surface area (Å²) in [6.07, 6.45) is 4.81. The first-order chi connectivity index (χ1) is 23.0. The van der Waals surface area contributed by atoms with Gasteiger partial charge >= 0.3 is 0 Å². The van der Waals surface area contributed by atoms with Crippen molar-refractivity contribution >= 4 is 35.2 Å². The van der Waals surface area contributed by atoms with Crippen LogP contribution in [0.25, 0.3) is 6.08 Å². The van der Waals surface area contributed by atoms with E-state index in [2.05, 4.69) is 16.4 Å². The van der Waals surface area contributed by atoms with Gasteiger partial charge in [0.25, 0.3) is 17.7 Å². The first-order valence-electron chi connectivity index (χ1n) is 16.1. The number of amides is 3. The molecule has 47 heavy (non-hydrogen) atoms. The minimum Gasteiger partial charge on any atom is -0.494 e. The average Bonchev–Trinajstić information content (AvgIpc) is 3.76. The van der Waals surface area contributed by atoms with E-state index in [1.807, 2.05) is 68.4 Å². The minimum atomic E-state index is -0.992. The highest BCUT2D eigenvalue weighted by Gasteiger charge is 2.55. The molecule has 0 bridgehead atoms. The van der Waals surface area contributed by atoms with E-state index in [0.29, 0.717) is 18.9 Å². The maximum atomic E-state index is 14.2. The van der Waals surface area contributed by atoms with E-state index in [1.54, 1.807) is 29.3 Å². The van der Waals surface area contributed by atoms with Gasteiger partial charge in [0.05, 0.1) is 30.7 Å². The first kappa shape index (κ1) is 30.3. The smallest absolute Gasteiger partial charge is 0.264 e. The second kappa shape index (κ2) is 12.8. The Morgan fingerprint density at radius 3 is 2.23 bits per heavy atom. The summed E-state index contributed by atoms with van der Waals surface area (Å²) in [6.45, 7) is 4.80. The quantitative estimate of drug-likeness (QED) is 0.284. The van der Waals surface area contributed by atoms with Crippen LogP contribution in [0.5, 0.6) is 11.5 Å². The topological polar surface area (TPSA) is 116 Å². The van der Waals surface area contributed by atoms with Crippen LogP contribution in [0, 0.1) is 5.92 Å². The summed E-state index contributed by atoms with van der Waals surface area (Å²) < 4.78 is 11.3. The fourth-order valence-corrected chi connectivity index (χ4v) is 6.89. The third kappa shape index (κ3) is 5.66. The van der Waals surface area contributed by atoms with E-state index in [0.717, 1.165) is 58.1 Å². The number of carbonyl (C=O) groups excluding carboxylic acids is 3. The SMILES string of the molecule is CCOc1ccc(/C=C2\CCCC3C2=NN(C(=O)CN2N=NC4C(=O)N(c5ccccc5)C(=O)C42)C3c2ccc(OCC)cc2)cc1. The first-order valence-corrected chi connectivity index (χ1v) is 16.1. The van der Waals surface area contributed by atoms with Gasteiger partial charge in [0, 0.05) is 5.92 Å². The maximum Gasteiger partial charge on any atom is 0.264 e. The zero-order valence-corrected chi connectivity index (χ0v) is 26.4. The Bertz CT molecular complexity index is 1750. The summed E-state index contributed by atoms with van der Waals surface area (Å²) >= 11 is 0. The predicted octanol–water partition coefficient (Wildman–Crippen LogP) is 5.60. The molecule has 4 unspecified atom stereocenters. The van der Waals surface area contributed by atoms with Crippen molar-refractivity contribution in [2.24, 2.45) is 21.4 Å². The molecule has 240 valence electrons. The molecule has 3 aliphatic heterocycles. The Hall–Kier alpha value is -5.32. The molecule has 7 rings (SSSR count). The molecule has 3 amide bonds. The van der Waals surface area contributed by atoms with Crippen molar-refractivity contribution in [2.75, 3.05) is 24.7 Å². The average molecular weight is 633 g/mol. The molecule has 1 aliphatic carbocycles. The van der Waals surface area contributed by atoms with Gasteiger partial charge in [-0.1, -0.05) is 47.7 Å². The Kier molecular flexibility index (Phi) is 8.28. The van der Waals surface area contributed by atoms with Gasteiger partial charge in [-0.05, 0) is 92.3 Å². The number of imide groups is 1. The van der Waals surface area contributed by atoms with Crippen molar-refractivity contribution in [3.05, 3.63) is 95.6 Å². The number of hydrazone groups is 1. The maximum absolute atomic E-state index is 14.2. The molecule has 4 aliphatic rings. The van der Waals surface area contributed by atoms with Crippen LogP contribution in [0.2, 0.25) is 0 Å². The monoisotopic (exact) mass is 632 g/mol. The number of hydrogen-bond acceptors (Lipinski definition) is 9. The van der Waals surface area contributed by atoms with Crippen molar-refractivity contribution < 1.29 is 23.9 Å². The zero-order valence-electron chi connectivity index (χ0n) is 26.4. The van der Waals surface area contributed by atoms with Crippen LogP contribution in [0.1, 0.15) is 50.3 Å². The van der Waals surface area contributed by atoms with Gasteiger partial charge in [0.2, 0.25) is 0 Å². The molecular weight excluding hydrogens is 596 g/mol. The van der Waals surface area contributed by atoms with Crippen LogP contribution in [-0.4, -0.2) is 65.3 Å². The lowest BCUT2D eigenvalue weighted by atomic mass is 9.77. The number of fused-ring (bicyclic) bond motifs is 2. The Morgan fingerprint density at radius 1 is 0.872 bits per heavy atom. The molecule has 0 N–H and O–H groups in total. The molecule has 11 heteroatoms. The number of allylic oxidation sites excluding steroid dienone is 1. The number of hydrogen-bond donors (Lipinski definition) is 0. The molecule has 3 aromatic rings. The van der Waals surface area contributed by atoms with Crippen LogP contribution in [0.15, 0.2) is 99.9 Å². The molecular formula is C36H36N6O5. The van der Waals surface area contributed by atoms with Crippen LogP contribution >= 0.6 is 0 Å². The van der Waals surface area contributed by atoms with Crippen LogP contribution in [0.3, 0.4) is 0 Å². The van der Waals surface area contributed by atoms with Crippen LogP contribution < -0.4 is 14.4 Å². The van der Waals surface area contributed by atoms with Gasteiger partial charge in [-0.3, -0.25) is 19.4 Å². The van der Waals surface area contributed by atoms with Gasteiger partial charge in [-0.15, -0.1) is 0 Å². The predicted molar refractivity (Wildman–Crippen MR) is 176 cm³/mol. The van der Waals surface area contributed by atoms with Gasteiger partial charge in [0.1, 0.15) is 18.0 Å². The van der Waals surface area contributed by atoms with Gasteiger partial charge < -0.3 is 9.47 Å². The number of benzene rings is 3. The third-order valence-corrected chi connectivity index (χ3v) is 8.99. The summed E-state index contributed by atoms with van der Waals surface area (Å²) in [6, 6.07) is 22.2. The van der Waals surface area contributed by atoms with Gasteiger partial charge in [-0.25, -0.2) is 9.91 Å². The Morgan fingerprint density at radius 2 is 1.55 bits per heavy atom. The van der Waals surface area contributed by atoms with Crippen molar-refractivity contribution in [1.29, 1.82) is 0 Å². The Labute approximate surface area is 273 Å². The lowest BCUT2D eigenvalue weighted by Crippen LogP contribution is -2.45. The zero-order chi connectivity index (χ0) is 32.5. The van der Waals surface area contributed by atoms with Crippen molar-refractivity contribution in [3.8, 4) is 11.5 Å². The molecule has 4 atom stereocenters. The molecule has 3 aromatic carbocycles. The lowest BCUT2D eigenvalue weighted by molar-refractivity contribution is -0.136. The van der Waals surface area contributed by atoms with E-state index < -0.39 is 23.9 Å². The minimum absolute atomic E-state index is 0.0178. The van der Waals surface area contributed by atoms with Crippen molar-refractivity contribution in [2.45, 2.75) is 51.2 Å². The summed E-state index contributed by atoms with van der Waals surface area (Å²) in [5.41, 5.74) is 4.42. The number of para-hydroxylation sites is 1. The van der Waals surface area contributed by atoms with E-state index in [1.165, 1.54) is 5.01 Å². The number of nitrogens with zero attached hydrogens (tertiary/aromatic N) is 6. The highest BCUT2D eigenvalue weighted by atomic mass is 16.5. The molecule has 0 spiro atoms. The van der Waals surface area contributed by atoms with E-state index >= 15 is 0 Å². The summed E-state index contributed by atoms with van der Waals surface area (Å²) in [7, 11) is 0. The molecule has 11 nitrogen and oxygen atoms in total. The van der Waals surface area contributed by atoms with Gasteiger partial charge in [0.15, 0.2) is 12.1 Å². The summed E-state index contributed by atoms with van der Waals surface area (Å²) in [5, 5.41) is 16.1. The second-order valence-electron chi connectivity index (χ2n) is 11.9. The fraction of sp³-hybridized carbons (Fsp3) is 0.333. The standard InChI is InChI=1S/C36H36N6O5/c1-3-46-27-17-13-23(14-18-27)21-25-9-8-12-29-31(25)38-42(33(29)24-15-19-28(20-16-24)47-4-2)30(43)22-40-34-32(37-39-40)35(44)41(36(34)45)26-10-6-5-7-11-26/h5-7,10-11,13-21,29,32-34H,3-4,8-9,12,22H2,1-2H3/b25-21+. The highest BCUT2D eigenvalue weighted by Crippen LogP contribution is 2.45. The third-order valence-electron chi connectivity index (χ3n) is 8.99. The molecule has 0 aromatic heterocycles. The normalized spacial score (nSPS) is 24.1. The second-order valence-corrected chi connectivity index (χ2v) is 11.9. The molecule has 2 fully saturated rings. The van der Waals surface area contributed by atoms with E-state index in [9.17, 15) is 14.4 Å². The summed E-state index contributed by atoms with van der Waals surface area (Å²) in [5.74, 6) is 0.323. The largest absolute Gasteiger partial charge is 0.494 e. The highest BCUT2D eigenvalue weighted by molar-refractivity contribution is 6.25. The van der Waals surface area contributed by atoms with E-state index in [-0.39, 0.29) is 24.4 Å². The fourth-order valence-electron chi connectivity index (χ4n) is 6.89. The molecule has 1 saturated carbocycles. The van der Waals surface area contributed by atoms with Crippen molar-refractivity contribution in [3.63, 3.8) is 0 Å². The van der Waals surface area contributed by atoms with Crippen molar-refractivity contribution in [1.82, 2.24) is 10.0 Å². The Balaban J connectivity index is 1.18. The number of anilines is 1. The van der Waals surface area contributed by atoms with E-state index in [4.69, 9.17) is 14.6 Å². The van der Waals surface area contributed by atoms with Crippen LogP contribution in [-0.2, 0) is 14.4 Å². The number of ether oxygens (including phenoxy) is 2. The molecule has 1 saturated heterocycles. The molecule has 3 heterocycles. The van der Waals surface area contributed by atoms with Gasteiger partial charge in [-0.2, -0.15) is 10.2 Å². The molecule has 0 radical (unpaired) electrons. The van der Waals surface area contributed by atoms with Crippen LogP contribution in [0.4, 0.5) is 5.69 Å². The number of rotatable bonds is 9.